The maximum Gasteiger partial charge on any atom is 0.104 e. The van der Waals surface area contributed by atoms with E-state index in [4.69, 9.17) is 10.4 Å². The van der Waals surface area contributed by atoms with E-state index in [2.05, 4.69) is 18.3 Å². The van der Waals surface area contributed by atoms with Crippen LogP contribution in [0.2, 0.25) is 0 Å². The van der Waals surface area contributed by atoms with Crippen molar-refractivity contribution in [3.63, 3.8) is 0 Å². The summed E-state index contributed by atoms with van der Waals surface area (Å²) in [5, 5.41) is 21.0. The van der Waals surface area contributed by atoms with Crippen molar-refractivity contribution < 1.29 is 5.11 Å². The third kappa shape index (κ3) is 5.48. The van der Waals surface area contributed by atoms with Crippen LogP contribution in [0.3, 0.4) is 0 Å². The van der Waals surface area contributed by atoms with Crippen molar-refractivity contribution in [1.29, 1.82) is 5.26 Å². The highest BCUT2D eigenvalue weighted by molar-refractivity contribution is 7.99. The van der Waals surface area contributed by atoms with Gasteiger partial charge in [-0.15, -0.1) is 0 Å². The second-order valence-corrected chi connectivity index (χ2v) is 5.20. The molecule has 0 aromatic heterocycles. The Balaban J connectivity index is 3.81. The lowest BCUT2D eigenvalue weighted by Gasteiger charge is -2.24. The standard InChI is InChI=1S/C10H20N2OS/c1-9(14-6-4-5-13)7-10(2,8-11)12-3/h9,12-13H,4-7H2,1-3H3. The molecule has 82 valence electrons. The van der Waals surface area contributed by atoms with E-state index >= 15 is 0 Å². The van der Waals surface area contributed by atoms with E-state index in [0.29, 0.717) is 5.25 Å². The van der Waals surface area contributed by atoms with E-state index in [9.17, 15) is 0 Å². The normalized spacial score (nSPS) is 17.1. The Labute approximate surface area is 90.9 Å². The van der Waals surface area contributed by atoms with Crippen LogP contribution in [0, 0.1) is 11.3 Å². The summed E-state index contributed by atoms with van der Waals surface area (Å²) < 4.78 is 0. The lowest BCUT2D eigenvalue weighted by Crippen LogP contribution is -2.40. The Morgan fingerprint density at radius 1 is 1.64 bits per heavy atom. The molecule has 0 aromatic rings. The first kappa shape index (κ1) is 13.8. The minimum absolute atomic E-state index is 0.251. The van der Waals surface area contributed by atoms with Crippen molar-refractivity contribution in [2.75, 3.05) is 19.4 Å². The van der Waals surface area contributed by atoms with Crippen LogP contribution in [-0.2, 0) is 0 Å². The van der Waals surface area contributed by atoms with Crippen LogP contribution in [0.15, 0.2) is 0 Å². The first-order valence-electron chi connectivity index (χ1n) is 4.90. The summed E-state index contributed by atoms with van der Waals surface area (Å²) in [6.45, 7) is 4.28. The zero-order chi connectivity index (χ0) is 11.0. The Kier molecular flexibility index (Phi) is 6.98. The van der Waals surface area contributed by atoms with E-state index in [1.807, 2.05) is 25.7 Å². The zero-order valence-corrected chi connectivity index (χ0v) is 10.0. The fourth-order valence-electron chi connectivity index (χ4n) is 1.19. The molecule has 0 spiro atoms. The van der Waals surface area contributed by atoms with Crippen LogP contribution < -0.4 is 5.32 Å². The molecule has 3 nitrogen and oxygen atoms in total. The van der Waals surface area contributed by atoms with Gasteiger partial charge in [-0.05, 0) is 32.6 Å². The largest absolute Gasteiger partial charge is 0.396 e. The number of hydrogen-bond donors (Lipinski definition) is 2. The average molecular weight is 216 g/mol. The summed E-state index contributed by atoms with van der Waals surface area (Å²) in [5.74, 6) is 0.961. The highest BCUT2D eigenvalue weighted by atomic mass is 32.2. The molecule has 0 saturated heterocycles. The molecule has 0 aliphatic rings. The Hall–Kier alpha value is -0.240. The topological polar surface area (TPSA) is 56.0 Å². The molecule has 0 rings (SSSR count). The number of aliphatic hydroxyl groups excluding tert-OH is 1. The first-order chi connectivity index (χ1) is 6.58. The van der Waals surface area contributed by atoms with Gasteiger partial charge in [0.15, 0.2) is 0 Å². The second kappa shape index (κ2) is 7.10. The lowest BCUT2D eigenvalue weighted by atomic mass is 9.98. The third-order valence-corrected chi connectivity index (χ3v) is 3.46. The highest BCUT2D eigenvalue weighted by Crippen LogP contribution is 2.21. The average Bonchev–Trinajstić information content (AvgIpc) is 2.18. The molecule has 14 heavy (non-hydrogen) atoms. The molecule has 0 aliphatic heterocycles. The van der Waals surface area contributed by atoms with E-state index in [1.54, 1.807) is 0 Å². The van der Waals surface area contributed by atoms with E-state index in [1.165, 1.54) is 0 Å². The summed E-state index contributed by atoms with van der Waals surface area (Å²) in [7, 11) is 1.81. The van der Waals surface area contributed by atoms with Crippen molar-refractivity contribution in [2.45, 2.75) is 37.5 Å². The van der Waals surface area contributed by atoms with Gasteiger partial charge < -0.3 is 10.4 Å². The minimum atomic E-state index is -0.425. The molecule has 0 amide bonds. The van der Waals surface area contributed by atoms with Gasteiger partial charge in [0.2, 0.25) is 0 Å². The molecule has 2 N–H and O–H groups in total. The number of nitrogens with one attached hydrogen (secondary N) is 1. The van der Waals surface area contributed by atoms with Gasteiger partial charge in [-0.3, -0.25) is 0 Å². The van der Waals surface area contributed by atoms with Crippen LogP contribution >= 0.6 is 11.8 Å². The number of aliphatic hydroxyl groups is 1. The zero-order valence-electron chi connectivity index (χ0n) is 9.21. The van der Waals surface area contributed by atoms with E-state index < -0.39 is 5.54 Å². The Bertz CT molecular complexity index is 193. The van der Waals surface area contributed by atoms with Gasteiger partial charge in [-0.25, -0.2) is 0 Å². The lowest BCUT2D eigenvalue weighted by molar-refractivity contribution is 0.296. The molecule has 0 aromatic carbocycles. The highest BCUT2D eigenvalue weighted by Gasteiger charge is 2.23. The van der Waals surface area contributed by atoms with Crippen molar-refractivity contribution in [3.8, 4) is 6.07 Å². The fraction of sp³-hybridized carbons (Fsp3) is 0.900. The van der Waals surface area contributed by atoms with Crippen molar-refractivity contribution in [1.82, 2.24) is 5.32 Å². The molecular weight excluding hydrogens is 196 g/mol. The number of thioether (sulfide) groups is 1. The van der Waals surface area contributed by atoms with Gasteiger partial charge in [-0.2, -0.15) is 17.0 Å². The van der Waals surface area contributed by atoms with Gasteiger partial charge >= 0.3 is 0 Å². The maximum atomic E-state index is 8.94. The molecule has 0 heterocycles. The van der Waals surface area contributed by atoms with Gasteiger partial charge in [0.25, 0.3) is 0 Å². The smallest absolute Gasteiger partial charge is 0.104 e. The van der Waals surface area contributed by atoms with Gasteiger partial charge in [0, 0.05) is 11.9 Å². The fourth-order valence-corrected chi connectivity index (χ4v) is 2.34. The number of hydrogen-bond acceptors (Lipinski definition) is 4. The van der Waals surface area contributed by atoms with Gasteiger partial charge in [0.05, 0.1) is 6.07 Å². The third-order valence-electron chi connectivity index (χ3n) is 2.20. The molecule has 2 unspecified atom stereocenters. The predicted molar refractivity (Wildman–Crippen MR) is 61.3 cm³/mol. The number of nitriles is 1. The van der Waals surface area contributed by atoms with Crippen molar-refractivity contribution in [3.05, 3.63) is 0 Å². The molecule has 0 saturated carbocycles. The summed E-state index contributed by atoms with van der Waals surface area (Å²) in [6.07, 6.45) is 1.66. The SMILES string of the molecule is CNC(C)(C#N)CC(C)SCCCO. The molecule has 2 atom stereocenters. The van der Waals surface area contributed by atoms with E-state index in [-0.39, 0.29) is 6.61 Å². The molecule has 0 fully saturated rings. The number of nitrogens with zero attached hydrogens (tertiary/aromatic N) is 1. The van der Waals surface area contributed by atoms with Crippen LogP contribution in [0.25, 0.3) is 0 Å². The second-order valence-electron chi connectivity index (χ2n) is 3.66. The summed E-state index contributed by atoms with van der Waals surface area (Å²) in [5.41, 5.74) is -0.425. The van der Waals surface area contributed by atoms with Gasteiger partial charge in [0.1, 0.15) is 5.54 Å². The summed E-state index contributed by atoms with van der Waals surface area (Å²) in [4.78, 5) is 0. The molecular formula is C10H20N2OS. The van der Waals surface area contributed by atoms with Crippen LogP contribution in [0.1, 0.15) is 26.7 Å². The van der Waals surface area contributed by atoms with Crippen molar-refractivity contribution in [2.24, 2.45) is 0 Å². The predicted octanol–water partition coefficient (Wildman–Crippen LogP) is 1.38. The first-order valence-corrected chi connectivity index (χ1v) is 5.95. The van der Waals surface area contributed by atoms with Crippen molar-refractivity contribution >= 4 is 11.8 Å². The Morgan fingerprint density at radius 2 is 2.29 bits per heavy atom. The minimum Gasteiger partial charge on any atom is -0.396 e. The number of rotatable bonds is 7. The van der Waals surface area contributed by atoms with E-state index in [0.717, 1.165) is 18.6 Å². The maximum absolute atomic E-state index is 8.94. The van der Waals surface area contributed by atoms with Gasteiger partial charge in [-0.1, -0.05) is 6.92 Å². The van der Waals surface area contributed by atoms with Crippen LogP contribution in [0.4, 0.5) is 0 Å². The van der Waals surface area contributed by atoms with Crippen LogP contribution in [-0.4, -0.2) is 35.3 Å². The van der Waals surface area contributed by atoms with Crippen LogP contribution in [0.5, 0.6) is 0 Å². The quantitative estimate of drug-likeness (QED) is 0.631. The summed E-state index contributed by atoms with van der Waals surface area (Å²) in [6, 6.07) is 2.28. The Morgan fingerprint density at radius 3 is 2.71 bits per heavy atom. The monoisotopic (exact) mass is 216 g/mol. The molecule has 0 bridgehead atoms. The summed E-state index contributed by atoms with van der Waals surface area (Å²) >= 11 is 1.81. The molecule has 4 heteroatoms. The molecule has 0 radical (unpaired) electrons. The molecule has 0 aliphatic carbocycles.